The number of aromatic nitrogens is 3. The summed E-state index contributed by atoms with van der Waals surface area (Å²) in [6.07, 6.45) is -4.48. The van der Waals surface area contributed by atoms with Crippen molar-refractivity contribution < 1.29 is 37.1 Å². The molecule has 0 bridgehead atoms. The van der Waals surface area contributed by atoms with Gasteiger partial charge in [-0.05, 0) is 41.8 Å². The number of nitrogens with one attached hydrogen (secondary N) is 2. The molecule has 13 heteroatoms. The minimum Gasteiger partial charge on any atom is -0.390 e. The maximum atomic E-state index is 14.4. The molecule has 5 rings (SSSR count). The number of Topliss-reactive ketones (excluding diaryl/α,β-unsaturated/α-hetero) is 1. The minimum absolute atomic E-state index is 0.145. The van der Waals surface area contributed by atoms with Crippen LogP contribution in [-0.2, 0) is 19.1 Å². The number of amides is 2. The predicted molar refractivity (Wildman–Crippen MR) is 132 cm³/mol. The van der Waals surface area contributed by atoms with Crippen LogP contribution in [0.2, 0.25) is 0 Å². The zero-order chi connectivity index (χ0) is 28.8. The molecule has 0 saturated heterocycles. The molecular weight excluding hydrogens is 534 g/mol. The van der Waals surface area contributed by atoms with Crippen LogP contribution in [0, 0.1) is 5.82 Å². The Labute approximate surface area is 223 Å². The number of fused-ring (bicyclic) bond motifs is 2. The summed E-state index contributed by atoms with van der Waals surface area (Å²) in [5.41, 5.74) is 0.334. The Kier molecular flexibility index (Phi) is 6.84. The molecule has 0 radical (unpaired) electrons. The number of aliphatic hydroxyl groups excluding tert-OH is 1. The number of hydrogen-bond donors (Lipinski definition) is 3. The average molecular weight is 555 g/mol. The van der Waals surface area contributed by atoms with Crippen LogP contribution in [0.1, 0.15) is 66.6 Å². The molecule has 2 atom stereocenters. The number of hydrogen-bond acceptors (Lipinski definition) is 6. The molecule has 1 aliphatic carbocycles. The number of alkyl halides is 3. The van der Waals surface area contributed by atoms with E-state index in [0.717, 1.165) is 28.9 Å². The number of benzene rings is 2. The molecule has 3 N–H and O–H groups in total. The fourth-order valence-corrected chi connectivity index (χ4v) is 4.54. The quantitative estimate of drug-likeness (QED) is 0.247. The maximum Gasteiger partial charge on any atom is 0.416 e. The summed E-state index contributed by atoms with van der Waals surface area (Å²) in [5, 5.41) is 19.6. The number of aliphatic hydroxyl groups is 1. The van der Waals surface area contributed by atoms with Gasteiger partial charge in [0, 0.05) is 24.6 Å². The molecule has 0 aliphatic heterocycles. The van der Waals surface area contributed by atoms with Gasteiger partial charge in [0.15, 0.2) is 17.2 Å². The normalized spacial score (nSPS) is 16.6. The lowest BCUT2D eigenvalue weighted by molar-refractivity contribution is -0.137. The summed E-state index contributed by atoms with van der Waals surface area (Å²) >= 11 is 0. The topological polar surface area (TPSA) is 126 Å². The van der Waals surface area contributed by atoms with Gasteiger partial charge in [-0.15, -0.1) is 0 Å². The first-order chi connectivity index (χ1) is 18.9. The van der Waals surface area contributed by atoms with Gasteiger partial charge in [0.1, 0.15) is 11.4 Å². The van der Waals surface area contributed by atoms with Crippen LogP contribution < -0.4 is 10.6 Å². The molecule has 9 nitrogen and oxygen atoms in total. The van der Waals surface area contributed by atoms with Crippen LogP contribution in [-0.4, -0.2) is 43.4 Å². The van der Waals surface area contributed by atoms with Crippen molar-refractivity contribution in [1.82, 2.24) is 25.2 Å². The Balaban J connectivity index is 1.38. The summed E-state index contributed by atoms with van der Waals surface area (Å²) in [6, 6.07) is 9.31. The SMILES string of the molecule is CC(=O)c1ccc2c(c1)C[C@@H](O)[C@@H]2NC(=O)c1cc(C(=O)NCc2ccc(C(F)(F)F)cc2)nc2c(F)cnn12. The van der Waals surface area contributed by atoms with Crippen molar-refractivity contribution in [2.24, 2.45) is 0 Å². The predicted octanol–water partition coefficient (Wildman–Crippen LogP) is 3.41. The zero-order valence-corrected chi connectivity index (χ0v) is 20.8. The number of halogens is 4. The van der Waals surface area contributed by atoms with E-state index in [1.54, 1.807) is 18.2 Å². The number of carbonyl (C=O) groups is 3. The number of rotatable bonds is 6. The minimum atomic E-state index is -4.50. The van der Waals surface area contributed by atoms with Crippen molar-refractivity contribution in [3.8, 4) is 0 Å². The van der Waals surface area contributed by atoms with E-state index in [1.807, 2.05) is 0 Å². The van der Waals surface area contributed by atoms with Crippen molar-refractivity contribution in [2.75, 3.05) is 0 Å². The number of nitrogens with zero attached hydrogens (tertiary/aromatic N) is 3. The van der Waals surface area contributed by atoms with E-state index in [9.17, 15) is 37.1 Å². The molecule has 1 aliphatic rings. The molecule has 40 heavy (non-hydrogen) atoms. The van der Waals surface area contributed by atoms with Crippen LogP contribution >= 0.6 is 0 Å². The zero-order valence-electron chi connectivity index (χ0n) is 20.8. The second kappa shape index (κ2) is 10.2. The van der Waals surface area contributed by atoms with Crippen molar-refractivity contribution in [3.05, 3.63) is 99.8 Å². The summed E-state index contributed by atoms with van der Waals surface area (Å²) in [4.78, 5) is 41.8. The van der Waals surface area contributed by atoms with Crippen LogP contribution in [0.25, 0.3) is 5.65 Å². The Morgan fingerprint density at radius 3 is 2.48 bits per heavy atom. The summed E-state index contributed by atoms with van der Waals surface area (Å²) in [6.45, 7) is 1.27. The second-order valence-corrected chi connectivity index (χ2v) is 9.32. The van der Waals surface area contributed by atoms with Crippen LogP contribution in [0.4, 0.5) is 17.6 Å². The second-order valence-electron chi connectivity index (χ2n) is 9.32. The molecule has 0 unspecified atom stereocenters. The smallest absolute Gasteiger partial charge is 0.390 e. The highest BCUT2D eigenvalue weighted by molar-refractivity contribution is 5.98. The lowest BCUT2D eigenvalue weighted by Gasteiger charge is -2.18. The molecule has 0 saturated carbocycles. The Morgan fingerprint density at radius 1 is 1.07 bits per heavy atom. The summed E-state index contributed by atoms with van der Waals surface area (Å²) < 4.78 is 53.7. The first-order valence-corrected chi connectivity index (χ1v) is 12.0. The molecular formula is C27H21F4N5O4. The van der Waals surface area contributed by atoms with E-state index in [0.29, 0.717) is 22.3 Å². The molecule has 206 valence electrons. The molecule has 4 aromatic rings. The van der Waals surface area contributed by atoms with E-state index in [2.05, 4.69) is 20.7 Å². The van der Waals surface area contributed by atoms with Gasteiger partial charge in [0.2, 0.25) is 0 Å². The van der Waals surface area contributed by atoms with Gasteiger partial charge in [0.05, 0.1) is 23.9 Å². The van der Waals surface area contributed by atoms with E-state index in [4.69, 9.17) is 0 Å². The maximum absolute atomic E-state index is 14.4. The third-order valence-corrected chi connectivity index (χ3v) is 6.61. The van der Waals surface area contributed by atoms with Crippen molar-refractivity contribution in [2.45, 2.75) is 38.2 Å². The fraction of sp³-hybridized carbons (Fsp3) is 0.222. The van der Waals surface area contributed by atoms with Gasteiger partial charge in [-0.2, -0.15) is 18.3 Å². The Bertz CT molecular complexity index is 1650. The fourth-order valence-electron chi connectivity index (χ4n) is 4.54. The Hall–Kier alpha value is -4.65. The number of carbonyl (C=O) groups excluding carboxylic acids is 3. The van der Waals surface area contributed by atoms with E-state index in [-0.39, 0.29) is 30.1 Å². The largest absolute Gasteiger partial charge is 0.416 e. The van der Waals surface area contributed by atoms with Gasteiger partial charge < -0.3 is 15.7 Å². The summed E-state index contributed by atoms with van der Waals surface area (Å²) in [5.74, 6) is -2.62. The molecule has 2 aromatic heterocycles. The van der Waals surface area contributed by atoms with E-state index < -0.39 is 47.2 Å². The first-order valence-electron chi connectivity index (χ1n) is 12.0. The van der Waals surface area contributed by atoms with Gasteiger partial charge in [-0.3, -0.25) is 14.4 Å². The lowest BCUT2D eigenvalue weighted by Crippen LogP contribution is -2.35. The highest BCUT2D eigenvalue weighted by Gasteiger charge is 2.34. The highest BCUT2D eigenvalue weighted by Crippen LogP contribution is 2.33. The van der Waals surface area contributed by atoms with Gasteiger partial charge in [0.25, 0.3) is 11.8 Å². The molecule has 0 spiro atoms. The molecule has 0 fully saturated rings. The van der Waals surface area contributed by atoms with Crippen LogP contribution in [0.3, 0.4) is 0 Å². The summed E-state index contributed by atoms with van der Waals surface area (Å²) in [7, 11) is 0. The number of ketones is 1. The third-order valence-electron chi connectivity index (χ3n) is 6.61. The van der Waals surface area contributed by atoms with Gasteiger partial charge in [-0.1, -0.05) is 24.3 Å². The van der Waals surface area contributed by atoms with Gasteiger partial charge >= 0.3 is 6.18 Å². The first kappa shape index (κ1) is 26.9. The lowest BCUT2D eigenvalue weighted by atomic mass is 10.0. The molecule has 2 aromatic carbocycles. The van der Waals surface area contributed by atoms with Crippen molar-refractivity contribution in [1.29, 1.82) is 0 Å². The third kappa shape index (κ3) is 5.15. The molecule has 2 heterocycles. The van der Waals surface area contributed by atoms with Crippen molar-refractivity contribution in [3.63, 3.8) is 0 Å². The van der Waals surface area contributed by atoms with Crippen LogP contribution in [0.15, 0.2) is 54.7 Å². The van der Waals surface area contributed by atoms with E-state index in [1.165, 1.54) is 19.1 Å². The van der Waals surface area contributed by atoms with Crippen LogP contribution in [0.5, 0.6) is 0 Å². The average Bonchev–Trinajstić information content (AvgIpc) is 3.44. The Morgan fingerprint density at radius 2 is 1.80 bits per heavy atom. The monoisotopic (exact) mass is 555 g/mol. The van der Waals surface area contributed by atoms with Crippen molar-refractivity contribution >= 4 is 23.2 Å². The highest BCUT2D eigenvalue weighted by atomic mass is 19.4. The van der Waals surface area contributed by atoms with Gasteiger partial charge in [-0.25, -0.2) is 13.9 Å². The molecule has 2 amide bonds. The standard InChI is InChI=1S/C27H21F4N5O4/c1-13(37)15-4-7-18-16(8-15)9-22(38)23(18)35-26(40)21-10-20(34-24-19(28)12-33-36(21)24)25(39)32-11-14-2-5-17(6-3-14)27(29,30)31/h2-8,10,12,22-23,38H,9,11H2,1H3,(H,32,39)(H,35,40)/t22-,23-/m1/s1. The van der Waals surface area contributed by atoms with E-state index >= 15 is 0 Å².